The molecule has 1 rings (SSSR count). The van der Waals surface area contributed by atoms with Gasteiger partial charge in [0.15, 0.2) is 0 Å². The number of pyridine rings is 1. The first kappa shape index (κ1) is 13.8. The molecule has 0 fully saturated rings. The Balaban J connectivity index is 3.21. The van der Waals surface area contributed by atoms with Gasteiger partial charge in [-0.05, 0) is 0 Å². The van der Waals surface area contributed by atoms with Gasteiger partial charge in [-0.2, -0.15) is 0 Å². The molecule has 0 aliphatic carbocycles. The summed E-state index contributed by atoms with van der Waals surface area (Å²) in [6.45, 7) is 0. The maximum atomic E-state index is 12.8. The van der Waals surface area contributed by atoms with Crippen molar-refractivity contribution in [3.05, 3.63) is 21.8 Å². The minimum Gasteiger partial charge on any atom is -0.481 e. The van der Waals surface area contributed by atoms with Gasteiger partial charge >= 0.3 is 5.97 Å². The molecule has 0 unspecified atom stereocenters. The molecule has 0 bridgehead atoms. The average Bonchev–Trinajstić information content (AvgIpc) is 2.30. The van der Waals surface area contributed by atoms with E-state index in [-0.39, 0.29) is 17.9 Å². The fourth-order valence-electron chi connectivity index (χ4n) is 1.21. The number of hydrogen-bond donors (Lipinski definition) is 0. The molecule has 0 radical (unpaired) electrons. The quantitative estimate of drug-likeness (QED) is 0.802. The van der Waals surface area contributed by atoms with E-state index in [1.807, 2.05) is 0 Å². The fraction of sp³-hybridized carbons (Fsp3) is 0.400. The fourth-order valence-corrected chi connectivity index (χ4v) is 1.75. The lowest BCUT2D eigenvalue weighted by atomic mass is 10.1. The number of esters is 1. The first-order valence-corrected chi connectivity index (χ1v) is 5.37. The third-order valence-corrected chi connectivity index (χ3v) is 2.75. The first-order chi connectivity index (χ1) is 7.99. The van der Waals surface area contributed by atoms with Gasteiger partial charge in [0.2, 0.25) is 5.88 Å². The van der Waals surface area contributed by atoms with Gasteiger partial charge in [-0.1, -0.05) is 15.9 Å². The zero-order valence-corrected chi connectivity index (χ0v) is 10.8. The molecular formula is C10H10BrF2NO3. The topological polar surface area (TPSA) is 48.4 Å². The highest BCUT2D eigenvalue weighted by Crippen LogP contribution is 2.30. The molecule has 1 heterocycles. The van der Waals surface area contributed by atoms with E-state index in [4.69, 9.17) is 4.74 Å². The van der Waals surface area contributed by atoms with E-state index < -0.39 is 18.1 Å². The molecule has 0 N–H and O–H groups in total. The Hall–Kier alpha value is -1.24. The lowest BCUT2D eigenvalue weighted by Crippen LogP contribution is -2.10. The van der Waals surface area contributed by atoms with Crippen molar-refractivity contribution >= 4 is 21.9 Å². The maximum absolute atomic E-state index is 12.8. The van der Waals surface area contributed by atoms with E-state index in [1.165, 1.54) is 20.3 Å². The molecule has 0 aliphatic rings. The molecule has 17 heavy (non-hydrogen) atoms. The summed E-state index contributed by atoms with van der Waals surface area (Å²) >= 11 is 3.10. The van der Waals surface area contributed by atoms with Gasteiger partial charge in [0.25, 0.3) is 6.43 Å². The van der Waals surface area contributed by atoms with Gasteiger partial charge in [0, 0.05) is 16.1 Å². The van der Waals surface area contributed by atoms with Crippen molar-refractivity contribution < 1.29 is 23.0 Å². The van der Waals surface area contributed by atoms with E-state index in [9.17, 15) is 13.6 Å². The van der Waals surface area contributed by atoms with Crippen LogP contribution in [0.4, 0.5) is 8.78 Å². The number of methoxy groups -OCH3 is 2. The van der Waals surface area contributed by atoms with Crippen LogP contribution in [-0.2, 0) is 16.0 Å². The Morgan fingerprint density at radius 2 is 2.18 bits per heavy atom. The van der Waals surface area contributed by atoms with Crippen molar-refractivity contribution in [3.63, 3.8) is 0 Å². The van der Waals surface area contributed by atoms with Gasteiger partial charge in [0.05, 0.1) is 20.6 Å². The van der Waals surface area contributed by atoms with Crippen LogP contribution >= 0.6 is 15.9 Å². The summed E-state index contributed by atoms with van der Waals surface area (Å²) in [7, 11) is 2.51. The zero-order chi connectivity index (χ0) is 13.0. The summed E-state index contributed by atoms with van der Waals surface area (Å²) < 4.78 is 35.1. The number of rotatable bonds is 4. The highest BCUT2D eigenvalue weighted by molar-refractivity contribution is 9.10. The van der Waals surface area contributed by atoms with Crippen LogP contribution in [0.25, 0.3) is 0 Å². The van der Waals surface area contributed by atoms with Gasteiger partial charge in [-0.15, -0.1) is 0 Å². The van der Waals surface area contributed by atoms with E-state index in [1.54, 1.807) is 0 Å². The molecule has 7 heteroatoms. The molecule has 0 aliphatic heterocycles. The van der Waals surface area contributed by atoms with E-state index in [0.717, 1.165) is 0 Å². The van der Waals surface area contributed by atoms with Crippen molar-refractivity contribution in [1.82, 2.24) is 4.98 Å². The molecule has 0 aromatic carbocycles. The second kappa shape index (κ2) is 5.90. The Morgan fingerprint density at radius 1 is 1.53 bits per heavy atom. The number of nitrogens with zero attached hydrogens (tertiary/aromatic N) is 1. The normalized spacial score (nSPS) is 10.5. The summed E-state index contributed by atoms with van der Waals surface area (Å²) in [5.41, 5.74) is -0.380. The number of alkyl halides is 2. The highest BCUT2D eigenvalue weighted by atomic mass is 79.9. The summed E-state index contributed by atoms with van der Waals surface area (Å²) in [6.07, 6.45) is -3.06. The molecule has 1 aromatic heterocycles. The van der Waals surface area contributed by atoms with Crippen LogP contribution in [-0.4, -0.2) is 25.2 Å². The number of aromatic nitrogens is 1. The standard InChI is InChI=1S/C10H10BrF2NO3/c1-16-7-4-6(11)5(3-8(15)17-2)9(14-7)10(12)13/h4,10H,3H2,1-2H3. The van der Waals surface area contributed by atoms with Crippen LogP contribution in [0.2, 0.25) is 0 Å². The minimum absolute atomic E-state index is 0.0563. The number of carbonyl (C=O) groups excluding carboxylic acids is 1. The smallest absolute Gasteiger partial charge is 0.310 e. The van der Waals surface area contributed by atoms with E-state index in [2.05, 4.69) is 25.7 Å². The lowest BCUT2D eigenvalue weighted by molar-refractivity contribution is -0.139. The van der Waals surface area contributed by atoms with Crippen LogP contribution in [0.3, 0.4) is 0 Å². The van der Waals surface area contributed by atoms with Gasteiger partial charge in [-0.25, -0.2) is 13.8 Å². The minimum atomic E-state index is -2.79. The van der Waals surface area contributed by atoms with Crippen molar-refractivity contribution in [2.75, 3.05) is 14.2 Å². The van der Waals surface area contributed by atoms with Gasteiger partial charge < -0.3 is 9.47 Å². The molecule has 0 atom stereocenters. The highest BCUT2D eigenvalue weighted by Gasteiger charge is 2.21. The van der Waals surface area contributed by atoms with Crippen LogP contribution in [0.1, 0.15) is 17.7 Å². The van der Waals surface area contributed by atoms with Gasteiger partial charge in [-0.3, -0.25) is 4.79 Å². The molecule has 0 spiro atoms. The largest absolute Gasteiger partial charge is 0.481 e. The number of ether oxygens (including phenoxy) is 2. The Kier molecular flexibility index (Phi) is 4.80. The van der Waals surface area contributed by atoms with Crippen molar-refractivity contribution in [3.8, 4) is 5.88 Å². The van der Waals surface area contributed by atoms with Crippen LogP contribution in [0, 0.1) is 0 Å². The molecule has 1 aromatic rings. The Morgan fingerprint density at radius 3 is 2.65 bits per heavy atom. The summed E-state index contributed by atoms with van der Waals surface area (Å²) in [6, 6.07) is 1.42. The summed E-state index contributed by atoms with van der Waals surface area (Å²) in [5.74, 6) is -0.555. The molecule has 4 nitrogen and oxygen atoms in total. The number of hydrogen-bond acceptors (Lipinski definition) is 4. The molecule has 0 saturated heterocycles. The van der Waals surface area contributed by atoms with Crippen molar-refractivity contribution in [2.24, 2.45) is 0 Å². The zero-order valence-electron chi connectivity index (χ0n) is 9.17. The second-order valence-electron chi connectivity index (χ2n) is 3.06. The maximum Gasteiger partial charge on any atom is 0.310 e. The van der Waals surface area contributed by atoms with Crippen molar-refractivity contribution in [1.29, 1.82) is 0 Å². The van der Waals surface area contributed by atoms with Gasteiger partial charge in [0.1, 0.15) is 5.69 Å². The average molecular weight is 310 g/mol. The third-order valence-electron chi connectivity index (χ3n) is 2.04. The Labute approximate surface area is 105 Å². The molecule has 0 saturated carbocycles. The number of carbonyl (C=O) groups is 1. The summed E-state index contributed by atoms with van der Waals surface area (Å²) in [4.78, 5) is 14.7. The molecule has 0 amide bonds. The first-order valence-electron chi connectivity index (χ1n) is 4.57. The monoisotopic (exact) mass is 309 g/mol. The Bertz CT molecular complexity index is 426. The van der Waals surface area contributed by atoms with E-state index in [0.29, 0.717) is 4.47 Å². The molecule has 94 valence electrons. The van der Waals surface area contributed by atoms with Crippen LogP contribution < -0.4 is 4.74 Å². The van der Waals surface area contributed by atoms with Crippen LogP contribution in [0.15, 0.2) is 10.5 Å². The second-order valence-corrected chi connectivity index (χ2v) is 3.92. The predicted octanol–water partition coefficient (Wildman–Crippen LogP) is 2.51. The summed E-state index contributed by atoms with van der Waals surface area (Å²) in [5, 5.41) is 0. The lowest BCUT2D eigenvalue weighted by Gasteiger charge is -2.11. The molecular weight excluding hydrogens is 300 g/mol. The van der Waals surface area contributed by atoms with Crippen LogP contribution in [0.5, 0.6) is 5.88 Å². The van der Waals surface area contributed by atoms with Crippen molar-refractivity contribution in [2.45, 2.75) is 12.8 Å². The SMILES string of the molecule is COC(=O)Cc1c(Br)cc(OC)nc1C(F)F. The number of halogens is 3. The van der Waals surface area contributed by atoms with E-state index >= 15 is 0 Å². The third kappa shape index (κ3) is 3.36. The predicted molar refractivity (Wildman–Crippen MR) is 59.2 cm³/mol.